The van der Waals surface area contributed by atoms with E-state index in [0.29, 0.717) is 24.5 Å². The van der Waals surface area contributed by atoms with E-state index in [1.807, 2.05) is 0 Å². The van der Waals surface area contributed by atoms with Crippen molar-refractivity contribution < 1.29 is 18.0 Å². The molecular weight excluding hydrogens is 281 g/mol. The molecule has 1 aliphatic heterocycles. The van der Waals surface area contributed by atoms with E-state index < -0.39 is 11.7 Å². The Morgan fingerprint density at radius 3 is 2.63 bits per heavy atom. The summed E-state index contributed by atoms with van der Waals surface area (Å²) in [6, 6.07) is 2.27. The Morgan fingerprint density at radius 2 is 2.16 bits per heavy atom. The van der Waals surface area contributed by atoms with Gasteiger partial charge in [-0.2, -0.15) is 13.2 Å². The van der Waals surface area contributed by atoms with Crippen LogP contribution in [0.15, 0.2) is 18.3 Å². The molecule has 0 aromatic carbocycles. The highest BCUT2D eigenvalue weighted by atomic mass is 35.5. The first-order chi connectivity index (χ1) is 8.90. The van der Waals surface area contributed by atoms with E-state index >= 15 is 0 Å². The summed E-state index contributed by atoms with van der Waals surface area (Å²) in [5.74, 6) is 0.485. The normalized spacial score (nSPS) is 20.1. The molecule has 19 heavy (non-hydrogen) atoms. The van der Waals surface area contributed by atoms with E-state index in [-0.39, 0.29) is 18.4 Å². The molecule has 104 valence electrons. The monoisotopic (exact) mass is 292 g/mol. The number of carbonyl (C=O) groups is 1. The Bertz CT molecular complexity index is 461. The van der Waals surface area contributed by atoms with E-state index in [4.69, 9.17) is 11.6 Å². The summed E-state index contributed by atoms with van der Waals surface area (Å²) in [4.78, 5) is 17.0. The van der Waals surface area contributed by atoms with E-state index in [1.54, 1.807) is 4.90 Å². The second-order valence-electron chi connectivity index (χ2n) is 4.53. The van der Waals surface area contributed by atoms with Crippen LogP contribution in [-0.4, -0.2) is 28.2 Å². The van der Waals surface area contributed by atoms with Crippen LogP contribution in [0.2, 0.25) is 0 Å². The van der Waals surface area contributed by atoms with E-state index in [9.17, 15) is 18.0 Å². The molecule has 1 saturated heterocycles. The van der Waals surface area contributed by atoms with E-state index in [2.05, 4.69) is 4.98 Å². The maximum absolute atomic E-state index is 12.4. The van der Waals surface area contributed by atoms with Crippen LogP contribution < -0.4 is 0 Å². The number of aromatic nitrogens is 1. The summed E-state index contributed by atoms with van der Waals surface area (Å²) >= 11 is 5.69. The zero-order chi connectivity index (χ0) is 14.0. The number of nitrogens with zero attached hydrogens (tertiary/aromatic N) is 2. The van der Waals surface area contributed by atoms with Crippen LogP contribution in [0.5, 0.6) is 0 Å². The van der Waals surface area contributed by atoms with Crippen molar-refractivity contribution in [2.24, 2.45) is 5.92 Å². The SMILES string of the molecule is O=C1CC(CCl)CN1Cc1ccc(C(F)(F)F)cn1. The Morgan fingerprint density at radius 1 is 1.42 bits per heavy atom. The Hall–Kier alpha value is -1.30. The predicted octanol–water partition coefficient (Wildman–Crippen LogP) is 2.69. The van der Waals surface area contributed by atoms with Gasteiger partial charge in [0.2, 0.25) is 5.91 Å². The van der Waals surface area contributed by atoms with Crippen molar-refractivity contribution >= 4 is 17.5 Å². The highest BCUT2D eigenvalue weighted by Crippen LogP contribution is 2.28. The second kappa shape index (κ2) is 5.36. The van der Waals surface area contributed by atoms with Crippen LogP contribution in [-0.2, 0) is 17.5 Å². The first-order valence-corrected chi connectivity index (χ1v) is 6.29. The lowest BCUT2D eigenvalue weighted by Crippen LogP contribution is -2.25. The molecule has 1 atom stereocenters. The van der Waals surface area contributed by atoms with Gasteiger partial charge in [-0.05, 0) is 18.1 Å². The van der Waals surface area contributed by atoms with Gasteiger partial charge in [0.15, 0.2) is 0 Å². The van der Waals surface area contributed by atoms with Gasteiger partial charge >= 0.3 is 6.18 Å². The Kier molecular flexibility index (Phi) is 3.99. The molecule has 0 bridgehead atoms. The number of hydrogen-bond donors (Lipinski definition) is 0. The maximum Gasteiger partial charge on any atom is 0.417 e. The van der Waals surface area contributed by atoms with Gasteiger partial charge in [0.05, 0.1) is 17.8 Å². The summed E-state index contributed by atoms with van der Waals surface area (Å²) < 4.78 is 37.1. The number of hydrogen-bond acceptors (Lipinski definition) is 2. The zero-order valence-corrected chi connectivity index (χ0v) is 10.7. The molecule has 0 radical (unpaired) electrons. The number of likely N-dealkylation sites (tertiary alicyclic amines) is 1. The predicted molar refractivity (Wildman–Crippen MR) is 63.5 cm³/mol. The molecule has 1 aromatic heterocycles. The molecule has 2 rings (SSSR count). The first-order valence-electron chi connectivity index (χ1n) is 5.76. The van der Waals surface area contributed by atoms with Gasteiger partial charge in [-0.15, -0.1) is 11.6 Å². The van der Waals surface area contributed by atoms with Gasteiger partial charge in [0, 0.05) is 25.0 Å². The minimum atomic E-state index is -4.39. The quantitative estimate of drug-likeness (QED) is 0.803. The molecule has 1 aromatic rings. The minimum absolute atomic E-state index is 0.0349. The van der Waals surface area contributed by atoms with Crippen molar-refractivity contribution in [1.29, 1.82) is 0 Å². The third kappa shape index (κ3) is 3.37. The zero-order valence-electron chi connectivity index (χ0n) is 9.95. The summed E-state index contributed by atoms with van der Waals surface area (Å²) in [5, 5.41) is 0. The molecule has 2 heterocycles. The Labute approximate surface area is 113 Å². The van der Waals surface area contributed by atoms with Gasteiger partial charge in [-0.25, -0.2) is 0 Å². The second-order valence-corrected chi connectivity index (χ2v) is 4.84. The molecular formula is C12H12ClF3N2O. The van der Waals surface area contributed by atoms with Gasteiger partial charge < -0.3 is 4.90 Å². The molecule has 0 spiro atoms. The maximum atomic E-state index is 12.4. The number of amides is 1. The van der Waals surface area contributed by atoms with Crippen molar-refractivity contribution in [2.45, 2.75) is 19.1 Å². The molecule has 1 amide bonds. The summed E-state index contributed by atoms with van der Waals surface area (Å²) in [6.07, 6.45) is -3.21. The number of carbonyl (C=O) groups excluding carboxylic acids is 1. The molecule has 0 N–H and O–H groups in total. The standard InChI is InChI=1S/C12H12ClF3N2O/c13-4-8-3-11(19)18(6-8)7-10-2-1-9(5-17-10)12(14,15)16/h1-2,5,8H,3-4,6-7H2. The third-order valence-corrected chi connectivity index (χ3v) is 3.45. The summed E-state index contributed by atoms with van der Waals surface area (Å²) in [6.45, 7) is 0.759. The molecule has 1 aliphatic rings. The first kappa shape index (κ1) is 14.1. The topological polar surface area (TPSA) is 33.2 Å². The highest BCUT2D eigenvalue weighted by molar-refractivity contribution is 6.18. The molecule has 0 saturated carbocycles. The number of pyridine rings is 1. The smallest absolute Gasteiger partial charge is 0.336 e. The van der Waals surface area contributed by atoms with Crippen LogP contribution >= 0.6 is 11.6 Å². The van der Waals surface area contributed by atoms with Crippen molar-refractivity contribution in [3.63, 3.8) is 0 Å². The van der Waals surface area contributed by atoms with Gasteiger partial charge in [-0.3, -0.25) is 9.78 Å². The molecule has 1 unspecified atom stereocenters. The van der Waals surface area contributed by atoms with Crippen LogP contribution in [0.4, 0.5) is 13.2 Å². The van der Waals surface area contributed by atoms with Crippen molar-refractivity contribution in [2.75, 3.05) is 12.4 Å². The van der Waals surface area contributed by atoms with E-state index in [0.717, 1.165) is 12.3 Å². The fourth-order valence-corrected chi connectivity index (χ4v) is 2.20. The van der Waals surface area contributed by atoms with Gasteiger partial charge in [0.25, 0.3) is 0 Å². The van der Waals surface area contributed by atoms with Crippen LogP contribution in [0.25, 0.3) is 0 Å². The molecule has 7 heteroatoms. The van der Waals surface area contributed by atoms with Crippen LogP contribution in [0, 0.1) is 5.92 Å². The lowest BCUT2D eigenvalue weighted by Gasteiger charge is -2.16. The van der Waals surface area contributed by atoms with E-state index in [1.165, 1.54) is 6.07 Å². The fourth-order valence-electron chi connectivity index (χ4n) is 1.99. The van der Waals surface area contributed by atoms with Crippen molar-refractivity contribution in [1.82, 2.24) is 9.88 Å². The fraction of sp³-hybridized carbons (Fsp3) is 0.500. The third-order valence-electron chi connectivity index (χ3n) is 3.02. The molecule has 0 aliphatic carbocycles. The van der Waals surface area contributed by atoms with Crippen LogP contribution in [0.3, 0.4) is 0 Å². The lowest BCUT2D eigenvalue weighted by molar-refractivity contribution is -0.138. The van der Waals surface area contributed by atoms with Gasteiger partial charge in [-0.1, -0.05) is 0 Å². The molecule has 3 nitrogen and oxygen atoms in total. The Balaban J connectivity index is 2.02. The minimum Gasteiger partial charge on any atom is -0.336 e. The largest absolute Gasteiger partial charge is 0.417 e. The number of alkyl halides is 4. The van der Waals surface area contributed by atoms with Crippen LogP contribution in [0.1, 0.15) is 17.7 Å². The average Bonchev–Trinajstić information content (AvgIpc) is 2.70. The lowest BCUT2D eigenvalue weighted by atomic mass is 10.1. The number of halogens is 4. The van der Waals surface area contributed by atoms with Crippen molar-refractivity contribution in [3.8, 4) is 0 Å². The highest BCUT2D eigenvalue weighted by Gasteiger charge is 2.31. The average molecular weight is 293 g/mol. The number of rotatable bonds is 3. The molecule has 1 fully saturated rings. The van der Waals surface area contributed by atoms with Gasteiger partial charge in [0.1, 0.15) is 0 Å². The summed E-state index contributed by atoms with van der Waals surface area (Å²) in [7, 11) is 0. The van der Waals surface area contributed by atoms with Crippen molar-refractivity contribution in [3.05, 3.63) is 29.6 Å². The summed E-state index contributed by atoms with van der Waals surface area (Å²) in [5.41, 5.74) is -0.348.